The Hall–Kier alpha value is -4.11. The van der Waals surface area contributed by atoms with Crippen molar-refractivity contribution in [3.8, 4) is 11.5 Å². The van der Waals surface area contributed by atoms with Crippen LogP contribution in [0.15, 0.2) is 66.9 Å². The van der Waals surface area contributed by atoms with Crippen molar-refractivity contribution in [3.63, 3.8) is 0 Å². The molecule has 33 heavy (non-hydrogen) atoms. The second kappa shape index (κ2) is 11.5. The van der Waals surface area contributed by atoms with Crippen molar-refractivity contribution < 1.29 is 28.6 Å². The van der Waals surface area contributed by atoms with Crippen LogP contribution in [0, 0.1) is 0 Å². The molecule has 10 heteroatoms. The van der Waals surface area contributed by atoms with E-state index in [1.54, 1.807) is 30.3 Å². The van der Waals surface area contributed by atoms with Gasteiger partial charge in [0.1, 0.15) is 17.3 Å². The van der Waals surface area contributed by atoms with Crippen molar-refractivity contribution >= 4 is 40.9 Å². The summed E-state index contributed by atoms with van der Waals surface area (Å²) in [5, 5.41) is 5.62. The molecule has 0 fully saturated rings. The van der Waals surface area contributed by atoms with E-state index in [0.717, 1.165) is 0 Å². The lowest BCUT2D eigenvalue weighted by molar-refractivity contribution is -0.119. The Kier molecular flexibility index (Phi) is 8.20. The molecule has 0 saturated carbocycles. The Morgan fingerprint density at radius 1 is 0.909 bits per heavy atom. The SMILES string of the molecule is COc1cccc(NC(=O)COc2ccc(C(=O)OCC(=O)Nc3ccc(Cl)cn3)cc2)c1. The van der Waals surface area contributed by atoms with Gasteiger partial charge >= 0.3 is 5.97 Å². The summed E-state index contributed by atoms with van der Waals surface area (Å²) in [4.78, 5) is 40.0. The van der Waals surface area contributed by atoms with Crippen LogP contribution in [0.25, 0.3) is 0 Å². The molecule has 2 aromatic carbocycles. The number of amides is 2. The molecular weight excluding hydrogens is 450 g/mol. The Morgan fingerprint density at radius 3 is 2.36 bits per heavy atom. The summed E-state index contributed by atoms with van der Waals surface area (Å²) in [6.45, 7) is -0.703. The van der Waals surface area contributed by atoms with Crippen LogP contribution >= 0.6 is 11.6 Å². The number of hydrogen-bond acceptors (Lipinski definition) is 7. The van der Waals surface area contributed by atoms with E-state index >= 15 is 0 Å². The number of halogens is 1. The van der Waals surface area contributed by atoms with Crippen LogP contribution in [-0.2, 0) is 14.3 Å². The zero-order valence-corrected chi connectivity index (χ0v) is 18.3. The number of methoxy groups -OCH3 is 1. The largest absolute Gasteiger partial charge is 0.497 e. The van der Waals surface area contributed by atoms with Crippen molar-refractivity contribution in [3.05, 3.63) is 77.4 Å². The third-order valence-corrected chi connectivity index (χ3v) is 4.37. The minimum absolute atomic E-state index is 0.222. The molecule has 0 aliphatic heterocycles. The first-order chi connectivity index (χ1) is 15.9. The van der Waals surface area contributed by atoms with Crippen molar-refractivity contribution in [2.75, 3.05) is 31.0 Å². The number of rotatable bonds is 9. The number of anilines is 2. The fourth-order valence-electron chi connectivity index (χ4n) is 2.58. The summed E-state index contributed by atoms with van der Waals surface area (Å²) < 4.78 is 15.5. The summed E-state index contributed by atoms with van der Waals surface area (Å²) in [6.07, 6.45) is 1.38. The van der Waals surface area contributed by atoms with Crippen LogP contribution in [0.3, 0.4) is 0 Å². The summed E-state index contributed by atoms with van der Waals surface area (Å²) in [6, 6.07) is 16.0. The van der Waals surface area contributed by atoms with Crippen LogP contribution in [0.4, 0.5) is 11.5 Å². The Bertz CT molecular complexity index is 1120. The predicted octanol–water partition coefficient (Wildman–Crippen LogP) is 3.56. The molecule has 9 nitrogen and oxygen atoms in total. The van der Waals surface area contributed by atoms with E-state index in [-0.39, 0.29) is 23.9 Å². The van der Waals surface area contributed by atoms with E-state index in [1.807, 2.05) is 0 Å². The number of carbonyl (C=O) groups excluding carboxylic acids is 3. The van der Waals surface area contributed by atoms with Gasteiger partial charge in [-0.3, -0.25) is 9.59 Å². The first kappa shape index (κ1) is 23.6. The van der Waals surface area contributed by atoms with E-state index in [2.05, 4.69) is 15.6 Å². The number of ether oxygens (including phenoxy) is 3. The number of aromatic nitrogens is 1. The second-order valence-electron chi connectivity index (χ2n) is 6.58. The molecule has 0 saturated heterocycles. The highest BCUT2D eigenvalue weighted by atomic mass is 35.5. The lowest BCUT2D eigenvalue weighted by atomic mass is 10.2. The molecule has 2 amide bonds. The van der Waals surface area contributed by atoms with Gasteiger partial charge in [-0.2, -0.15) is 0 Å². The first-order valence-corrected chi connectivity index (χ1v) is 10.1. The molecule has 3 aromatic rings. The molecule has 0 unspecified atom stereocenters. The standard InChI is InChI=1S/C23H20ClN3O6/c1-31-19-4-2-3-17(11-19)26-21(28)13-32-18-8-5-15(6-9-18)23(30)33-14-22(29)27-20-10-7-16(24)12-25-20/h2-12H,13-14H2,1H3,(H,26,28)(H,25,27,29). The van der Waals surface area contributed by atoms with E-state index in [0.29, 0.717) is 22.2 Å². The number of esters is 1. The average molecular weight is 470 g/mol. The lowest BCUT2D eigenvalue weighted by Gasteiger charge is -2.09. The topological polar surface area (TPSA) is 116 Å². The summed E-state index contributed by atoms with van der Waals surface area (Å²) in [5.41, 5.74) is 0.803. The minimum atomic E-state index is -0.684. The molecule has 2 N–H and O–H groups in total. The first-order valence-electron chi connectivity index (χ1n) is 9.68. The Balaban J connectivity index is 1.43. The van der Waals surface area contributed by atoms with Gasteiger partial charge in [-0.15, -0.1) is 0 Å². The molecule has 3 rings (SSSR count). The monoisotopic (exact) mass is 469 g/mol. The van der Waals surface area contributed by atoms with Gasteiger partial charge in [0.25, 0.3) is 11.8 Å². The highest BCUT2D eigenvalue weighted by Gasteiger charge is 2.12. The quantitative estimate of drug-likeness (QED) is 0.460. The summed E-state index contributed by atoms with van der Waals surface area (Å²) in [7, 11) is 1.54. The van der Waals surface area contributed by atoms with Gasteiger partial charge in [-0.05, 0) is 48.5 Å². The highest BCUT2D eigenvalue weighted by Crippen LogP contribution is 2.17. The molecule has 0 radical (unpaired) electrons. The molecule has 0 atom stereocenters. The van der Waals surface area contributed by atoms with Crippen LogP contribution < -0.4 is 20.1 Å². The number of hydrogen-bond donors (Lipinski definition) is 2. The summed E-state index contributed by atoms with van der Waals surface area (Å²) >= 11 is 5.73. The molecule has 0 bridgehead atoms. The lowest BCUT2D eigenvalue weighted by Crippen LogP contribution is -2.21. The van der Waals surface area contributed by atoms with Gasteiger partial charge in [-0.1, -0.05) is 17.7 Å². The third kappa shape index (κ3) is 7.51. The molecule has 1 aromatic heterocycles. The maximum absolute atomic E-state index is 12.1. The minimum Gasteiger partial charge on any atom is -0.497 e. The maximum Gasteiger partial charge on any atom is 0.338 e. The zero-order valence-electron chi connectivity index (χ0n) is 17.5. The number of pyridine rings is 1. The highest BCUT2D eigenvalue weighted by molar-refractivity contribution is 6.30. The third-order valence-electron chi connectivity index (χ3n) is 4.14. The fourth-order valence-corrected chi connectivity index (χ4v) is 2.69. The van der Waals surface area contributed by atoms with Crippen LogP contribution in [0.5, 0.6) is 11.5 Å². The van der Waals surface area contributed by atoms with Gasteiger partial charge in [0.2, 0.25) is 0 Å². The Morgan fingerprint density at radius 2 is 1.67 bits per heavy atom. The van der Waals surface area contributed by atoms with E-state index in [4.69, 9.17) is 25.8 Å². The van der Waals surface area contributed by atoms with Gasteiger partial charge in [0, 0.05) is 18.0 Å². The van der Waals surface area contributed by atoms with Crippen LogP contribution in [0.1, 0.15) is 10.4 Å². The molecule has 170 valence electrons. The van der Waals surface area contributed by atoms with Crippen LogP contribution in [-0.4, -0.2) is 43.1 Å². The number of benzene rings is 2. The number of nitrogens with zero attached hydrogens (tertiary/aromatic N) is 1. The van der Waals surface area contributed by atoms with Crippen molar-refractivity contribution in [1.29, 1.82) is 0 Å². The molecule has 0 spiro atoms. The zero-order chi connectivity index (χ0) is 23.6. The molecule has 1 heterocycles. The molecule has 0 aliphatic rings. The van der Waals surface area contributed by atoms with Crippen molar-refractivity contribution in [1.82, 2.24) is 4.98 Å². The number of nitrogens with one attached hydrogen (secondary N) is 2. The Labute approximate surface area is 194 Å². The van der Waals surface area contributed by atoms with Gasteiger partial charge in [0.15, 0.2) is 13.2 Å². The predicted molar refractivity (Wildman–Crippen MR) is 122 cm³/mol. The van der Waals surface area contributed by atoms with Crippen molar-refractivity contribution in [2.45, 2.75) is 0 Å². The van der Waals surface area contributed by atoms with E-state index in [9.17, 15) is 14.4 Å². The van der Waals surface area contributed by atoms with E-state index < -0.39 is 18.5 Å². The maximum atomic E-state index is 12.1. The molecular formula is C23H20ClN3O6. The van der Waals surface area contributed by atoms with Gasteiger partial charge < -0.3 is 24.8 Å². The second-order valence-corrected chi connectivity index (χ2v) is 7.02. The normalized spacial score (nSPS) is 10.1. The van der Waals surface area contributed by atoms with Crippen molar-refractivity contribution in [2.24, 2.45) is 0 Å². The van der Waals surface area contributed by atoms with Gasteiger partial charge in [-0.25, -0.2) is 9.78 Å². The van der Waals surface area contributed by atoms with E-state index in [1.165, 1.54) is 43.6 Å². The number of carbonyl (C=O) groups is 3. The molecule has 0 aliphatic carbocycles. The van der Waals surface area contributed by atoms with Gasteiger partial charge in [0.05, 0.1) is 17.7 Å². The fraction of sp³-hybridized carbons (Fsp3) is 0.130. The smallest absolute Gasteiger partial charge is 0.338 e. The average Bonchev–Trinajstić information content (AvgIpc) is 2.83. The summed E-state index contributed by atoms with van der Waals surface area (Å²) in [5.74, 6) is -0.281. The van der Waals surface area contributed by atoms with Crippen LogP contribution in [0.2, 0.25) is 5.02 Å².